The van der Waals surface area contributed by atoms with Gasteiger partial charge in [0, 0.05) is 18.5 Å². The molecule has 8 nitrogen and oxygen atoms in total. The fourth-order valence-corrected chi connectivity index (χ4v) is 5.69. The molecule has 0 N–H and O–H groups in total. The van der Waals surface area contributed by atoms with E-state index < -0.39 is 11.8 Å². The molecule has 0 atom stereocenters. The molecule has 45 heavy (non-hydrogen) atoms. The van der Waals surface area contributed by atoms with Crippen LogP contribution in [0.1, 0.15) is 71.8 Å². The Hall–Kier alpha value is -5.24. The van der Waals surface area contributed by atoms with E-state index in [4.69, 9.17) is 14.5 Å². The molecule has 0 spiro atoms. The van der Waals surface area contributed by atoms with Crippen molar-refractivity contribution < 1.29 is 23.9 Å². The largest absolute Gasteiger partial charge is 0.514 e. The maximum Gasteiger partial charge on any atom is 0.514 e. The minimum absolute atomic E-state index is 0.319. The molecule has 1 aliphatic heterocycles. The summed E-state index contributed by atoms with van der Waals surface area (Å²) in [7, 11) is 0. The summed E-state index contributed by atoms with van der Waals surface area (Å²) >= 11 is 0. The van der Waals surface area contributed by atoms with Crippen molar-refractivity contribution in [2.75, 3.05) is 4.90 Å². The first-order chi connectivity index (χ1) is 21.5. The molecule has 0 saturated carbocycles. The highest BCUT2D eigenvalue weighted by Gasteiger charge is 2.36. The summed E-state index contributed by atoms with van der Waals surface area (Å²) in [6.45, 7) is 10.0. The SMILES string of the molecule is CCCc1nc2c(C)cc(N3C(=O)c4ccccc4C3=O)cc2n1Cc1ccc(-c2ccccc2OC(=O)OC(C)(C)C)cc1. The van der Waals surface area contributed by atoms with Crippen LogP contribution < -0.4 is 9.64 Å². The van der Waals surface area contributed by atoms with E-state index in [1.807, 2.05) is 61.5 Å². The maximum atomic E-state index is 13.3. The predicted molar refractivity (Wildman–Crippen MR) is 174 cm³/mol. The average molecular weight is 602 g/mol. The Morgan fingerprint density at radius 2 is 1.47 bits per heavy atom. The summed E-state index contributed by atoms with van der Waals surface area (Å²) < 4.78 is 13.1. The van der Waals surface area contributed by atoms with Gasteiger partial charge in [-0.3, -0.25) is 9.59 Å². The number of benzene rings is 4. The van der Waals surface area contributed by atoms with Crippen LogP contribution in [0.5, 0.6) is 5.75 Å². The van der Waals surface area contributed by atoms with E-state index in [2.05, 4.69) is 11.5 Å². The van der Waals surface area contributed by atoms with Gasteiger partial charge in [0.25, 0.3) is 11.8 Å². The molecule has 1 aliphatic rings. The minimum atomic E-state index is -0.752. The smallest absolute Gasteiger partial charge is 0.428 e. The Morgan fingerprint density at radius 3 is 2.09 bits per heavy atom. The lowest BCUT2D eigenvalue weighted by atomic mass is 10.0. The van der Waals surface area contributed by atoms with Crippen LogP contribution in [0.2, 0.25) is 0 Å². The molecule has 0 unspecified atom stereocenters. The zero-order valence-corrected chi connectivity index (χ0v) is 26.1. The quantitative estimate of drug-likeness (QED) is 0.106. The number of fused-ring (bicyclic) bond motifs is 2. The number of imide groups is 1. The number of amides is 2. The molecule has 8 heteroatoms. The summed E-state index contributed by atoms with van der Waals surface area (Å²) in [4.78, 5) is 45.2. The molecule has 0 radical (unpaired) electrons. The zero-order valence-electron chi connectivity index (χ0n) is 26.1. The Labute approximate surface area is 262 Å². The maximum absolute atomic E-state index is 13.3. The number of aryl methyl sites for hydroxylation is 2. The highest BCUT2D eigenvalue weighted by atomic mass is 16.7. The van der Waals surface area contributed by atoms with Crippen molar-refractivity contribution in [2.45, 2.75) is 59.6 Å². The van der Waals surface area contributed by atoms with Crippen LogP contribution in [-0.4, -0.2) is 33.1 Å². The lowest BCUT2D eigenvalue weighted by molar-refractivity contribution is 0.0207. The molecule has 0 aliphatic carbocycles. The van der Waals surface area contributed by atoms with Crippen molar-refractivity contribution in [2.24, 2.45) is 0 Å². The molecular formula is C37H35N3O5. The van der Waals surface area contributed by atoms with E-state index >= 15 is 0 Å². The number of imidazole rings is 1. The number of ether oxygens (including phenoxy) is 2. The van der Waals surface area contributed by atoms with Crippen molar-refractivity contribution >= 4 is 34.7 Å². The van der Waals surface area contributed by atoms with Crippen LogP contribution in [-0.2, 0) is 17.7 Å². The van der Waals surface area contributed by atoms with Crippen LogP contribution in [0.4, 0.5) is 10.5 Å². The van der Waals surface area contributed by atoms with Gasteiger partial charge in [-0.1, -0.05) is 61.5 Å². The highest BCUT2D eigenvalue weighted by Crippen LogP contribution is 2.34. The van der Waals surface area contributed by atoms with Gasteiger partial charge in [0.15, 0.2) is 0 Å². The second-order valence-electron chi connectivity index (χ2n) is 12.2. The van der Waals surface area contributed by atoms with Crippen molar-refractivity contribution in [1.82, 2.24) is 9.55 Å². The Kier molecular flexibility index (Phi) is 7.74. The summed E-state index contributed by atoms with van der Waals surface area (Å²) in [5, 5.41) is 0. The van der Waals surface area contributed by atoms with E-state index in [9.17, 15) is 14.4 Å². The second-order valence-corrected chi connectivity index (χ2v) is 12.2. The zero-order chi connectivity index (χ0) is 31.9. The summed E-state index contributed by atoms with van der Waals surface area (Å²) in [5.41, 5.74) is 6.03. The van der Waals surface area contributed by atoms with Gasteiger partial charge in [-0.2, -0.15) is 0 Å². The number of aromatic nitrogens is 2. The number of rotatable bonds is 7. The molecule has 0 saturated heterocycles. The molecule has 228 valence electrons. The van der Waals surface area contributed by atoms with Crippen molar-refractivity contribution in [3.05, 3.63) is 113 Å². The van der Waals surface area contributed by atoms with Crippen LogP contribution in [0.25, 0.3) is 22.2 Å². The van der Waals surface area contributed by atoms with Crippen LogP contribution in [0.15, 0.2) is 84.9 Å². The number of para-hydroxylation sites is 1. The third-order valence-electron chi connectivity index (χ3n) is 7.71. The molecule has 4 aromatic carbocycles. The molecule has 0 fully saturated rings. The third-order valence-corrected chi connectivity index (χ3v) is 7.71. The van der Waals surface area contributed by atoms with Crippen LogP contribution in [0, 0.1) is 6.92 Å². The van der Waals surface area contributed by atoms with Crippen LogP contribution in [0.3, 0.4) is 0 Å². The molecule has 5 aromatic rings. The van der Waals surface area contributed by atoms with E-state index in [0.29, 0.717) is 29.1 Å². The number of hydrogen-bond acceptors (Lipinski definition) is 6. The first kappa shape index (κ1) is 29.8. The van der Waals surface area contributed by atoms with Gasteiger partial charge in [0.05, 0.1) is 27.8 Å². The van der Waals surface area contributed by atoms with Crippen LogP contribution >= 0.6 is 0 Å². The third kappa shape index (κ3) is 5.83. The van der Waals surface area contributed by atoms with Gasteiger partial charge in [-0.25, -0.2) is 14.7 Å². The Balaban J connectivity index is 1.32. The second kappa shape index (κ2) is 11.7. The summed E-state index contributed by atoms with van der Waals surface area (Å²) in [6.07, 6.45) is 0.947. The first-order valence-corrected chi connectivity index (χ1v) is 15.1. The topological polar surface area (TPSA) is 90.7 Å². The Morgan fingerprint density at radius 1 is 0.844 bits per heavy atom. The van der Waals surface area contributed by atoms with E-state index in [1.165, 1.54) is 4.90 Å². The van der Waals surface area contributed by atoms with E-state index in [0.717, 1.165) is 52.0 Å². The highest BCUT2D eigenvalue weighted by molar-refractivity contribution is 6.34. The molecule has 2 heterocycles. The molecule has 0 bridgehead atoms. The molecule has 2 amide bonds. The molecular weight excluding hydrogens is 566 g/mol. The van der Waals surface area contributed by atoms with Gasteiger partial charge in [0.1, 0.15) is 17.2 Å². The predicted octanol–water partition coefficient (Wildman–Crippen LogP) is 8.13. The normalized spacial score (nSPS) is 13.0. The minimum Gasteiger partial charge on any atom is -0.428 e. The van der Waals surface area contributed by atoms with Crippen molar-refractivity contribution in [1.29, 1.82) is 0 Å². The van der Waals surface area contributed by atoms with Gasteiger partial charge >= 0.3 is 6.16 Å². The average Bonchev–Trinajstić information content (AvgIpc) is 3.47. The number of carbonyl (C=O) groups is 3. The van der Waals surface area contributed by atoms with Gasteiger partial charge in [-0.15, -0.1) is 0 Å². The lowest BCUT2D eigenvalue weighted by Gasteiger charge is -2.19. The lowest BCUT2D eigenvalue weighted by Crippen LogP contribution is -2.29. The standard InChI is InChI=1S/C37H35N3O5/c1-6-11-32-38-33-23(2)20-26(40-34(41)28-13-7-8-14-29(28)35(40)42)21-30(33)39(32)22-24-16-18-25(19-17-24)27-12-9-10-15-31(27)44-36(43)45-37(3,4)5/h7-10,12-21H,6,11,22H2,1-5H3. The molecule has 1 aromatic heterocycles. The fraction of sp³-hybridized carbons (Fsp3) is 0.243. The molecule has 6 rings (SSSR count). The number of carbonyl (C=O) groups excluding carboxylic acids is 3. The number of anilines is 1. The van der Waals surface area contributed by atoms with E-state index in [-0.39, 0.29) is 11.8 Å². The summed E-state index contributed by atoms with van der Waals surface area (Å²) in [6, 6.07) is 26.1. The van der Waals surface area contributed by atoms with E-state index in [1.54, 1.807) is 51.1 Å². The fourth-order valence-electron chi connectivity index (χ4n) is 5.69. The number of nitrogens with zero attached hydrogens (tertiary/aromatic N) is 3. The monoisotopic (exact) mass is 601 g/mol. The van der Waals surface area contributed by atoms with Crippen molar-refractivity contribution in [3.8, 4) is 16.9 Å². The first-order valence-electron chi connectivity index (χ1n) is 15.1. The van der Waals surface area contributed by atoms with Gasteiger partial charge in [0.2, 0.25) is 0 Å². The number of hydrogen-bond donors (Lipinski definition) is 0. The Bertz CT molecular complexity index is 1910. The van der Waals surface area contributed by atoms with Gasteiger partial charge in [-0.05, 0) is 81.1 Å². The summed E-state index contributed by atoms with van der Waals surface area (Å²) in [5.74, 6) is 0.721. The van der Waals surface area contributed by atoms with Crippen molar-refractivity contribution in [3.63, 3.8) is 0 Å². The van der Waals surface area contributed by atoms with Gasteiger partial charge < -0.3 is 14.0 Å².